The molecule has 0 unspecified atom stereocenters. The van der Waals surface area contributed by atoms with Crippen LogP contribution in [0.5, 0.6) is 0 Å². The Hall–Kier alpha value is -1.83. The van der Waals surface area contributed by atoms with E-state index in [1.54, 1.807) is 34.6 Å². The molecule has 0 aromatic carbocycles. The second-order valence-electron chi connectivity index (χ2n) is 6.26. The molecule has 146 valence electrons. The van der Waals surface area contributed by atoms with Crippen LogP contribution in [0.4, 0.5) is 4.79 Å². The lowest BCUT2D eigenvalue weighted by molar-refractivity contribution is -0.143. The molecule has 0 saturated carbocycles. The highest BCUT2D eigenvalue weighted by atomic mass is 16.7. The Bertz CT molecular complexity index is 396. The highest BCUT2D eigenvalue weighted by Gasteiger charge is 2.18. The molecule has 0 aliphatic heterocycles. The van der Waals surface area contributed by atoms with Gasteiger partial charge in [-0.3, -0.25) is 14.5 Å². The van der Waals surface area contributed by atoms with Crippen LogP contribution >= 0.6 is 0 Å². The van der Waals surface area contributed by atoms with Crippen LogP contribution in [-0.2, 0) is 28.5 Å². The zero-order chi connectivity index (χ0) is 19.3. The molecule has 0 radical (unpaired) electrons. The van der Waals surface area contributed by atoms with Crippen LogP contribution in [0.2, 0.25) is 0 Å². The van der Waals surface area contributed by atoms with E-state index in [2.05, 4.69) is 0 Å². The van der Waals surface area contributed by atoms with E-state index in [0.29, 0.717) is 32.8 Å². The number of carbonyl (C=O) groups is 3. The van der Waals surface area contributed by atoms with Crippen molar-refractivity contribution in [3.63, 3.8) is 0 Å². The summed E-state index contributed by atoms with van der Waals surface area (Å²) in [5.74, 6) is -0.617. The molecular formula is C17H31NO7. The standard InChI is InChI=1S/C17H31NO7/c1-6-22-14(19)8-10-18(11-9-15(20)23-7-2)12-13-24-16(21)25-17(3,4)5/h6-13H2,1-5H3. The van der Waals surface area contributed by atoms with Crippen molar-refractivity contribution >= 4 is 18.1 Å². The van der Waals surface area contributed by atoms with Crippen LogP contribution in [0.25, 0.3) is 0 Å². The minimum Gasteiger partial charge on any atom is -0.466 e. The number of esters is 2. The van der Waals surface area contributed by atoms with Crippen molar-refractivity contribution in [3.05, 3.63) is 0 Å². The van der Waals surface area contributed by atoms with E-state index in [4.69, 9.17) is 18.9 Å². The molecule has 0 aromatic rings. The summed E-state index contributed by atoms with van der Waals surface area (Å²) >= 11 is 0. The molecular weight excluding hydrogens is 330 g/mol. The topological polar surface area (TPSA) is 91.4 Å². The highest BCUT2D eigenvalue weighted by molar-refractivity contribution is 5.70. The van der Waals surface area contributed by atoms with Crippen LogP contribution in [0, 0.1) is 0 Å². The van der Waals surface area contributed by atoms with Crippen LogP contribution in [0.3, 0.4) is 0 Å². The SMILES string of the molecule is CCOC(=O)CCN(CCOC(=O)OC(C)(C)C)CCC(=O)OCC. The molecule has 0 saturated heterocycles. The van der Waals surface area contributed by atoms with Gasteiger partial charge in [-0.05, 0) is 34.6 Å². The summed E-state index contributed by atoms with van der Waals surface area (Å²) in [6.45, 7) is 10.6. The number of hydrogen-bond donors (Lipinski definition) is 0. The molecule has 0 fully saturated rings. The van der Waals surface area contributed by atoms with Crippen molar-refractivity contribution in [3.8, 4) is 0 Å². The summed E-state index contributed by atoms with van der Waals surface area (Å²) in [6, 6.07) is 0. The monoisotopic (exact) mass is 361 g/mol. The first-order valence-electron chi connectivity index (χ1n) is 8.57. The molecule has 0 bridgehead atoms. The van der Waals surface area contributed by atoms with Crippen molar-refractivity contribution in [2.75, 3.05) is 39.5 Å². The zero-order valence-corrected chi connectivity index (χ0v) is 16.0. The number of ether oxygens (including phenoxy) is 4. The fourth-order valence-corrected chi connectivity index (χ4v) is 1.84. The Morgan fingerprint density at radius 2 is 1.28 bits per heavy atom. The molecule has 0 heterocycles. The number of nitrogens with zero attached hydrogens (tertiary/aromatic N) is 1. The zero-order valence-electron chi connectivity index (χ0n) is 16.0. The predicted molar refractivity (Wildman–Crippen MR) is 91.1 cm³/mol. The Balaban J connectivity index is 4.34. The molecule has 0 aliphatic carbocycles. The van der Waals surface area contributed by atoms with Crippen LogP contribution in [0.1, 0.15) is 47.5 Å². The molecule has 25 heavy (non-hydrogen) atoms. The summed E-state index contributed by atoms with van der Waals surface area (Å²) in [6.07, 6.45) is -0.352. The van der Waals surface area contributed by atoms with Gasteiger partial charge in [0.1, 0.15) is 12.2 Å². The lowest BCUT2D eigenvalue weighted by Crippen LogP contribution is -2.34. The molecule has 0 N–H and O–H groups in total. The minimum absolute atomic E-state index is 0.0978. The Morgan fingerprint density at radius 3 is 1.68 bits per heavy atom. The molecule has 8 nitrogen and oxygen atoms in total. The van der Waals surface area contributed by atoms with Gasteiger partial charge >= 0.3 is 18.1 Å². The fraction of sp³-hybridized carbons (Fsp3) is 0.824. The molecule has 0 spiro atoms. The third kappa shape index (κ3) is 14.2. The van der Waals surface area contributed by atoms with Gasteiger partial charge < -0.3 is 18.9 Å². The number of carbonyl (C=O) groups excluding carboxylic acids is 3. The number of hydrogen-bond acceptors (Lipinski definition) is 8. The third-order valence-electron chi connectivity index (χ3n) is 2.89. The van der Waals surface area contributed by atoms with Gasteiger partial charge in [0.25, 0.3) is 0 Å². The van der Waals surface area contributed by atoms with Crippen molar-refractivity contribution in [1.29, 1.82) is 0 Å². The van der Waals surface area contributed by atoms with E-state index in [1.807, 2.05) is 4.90 Å². The van der Waals surface area contributed by atoms with Gasteiger partial charge in [-0.2, -0.15) is 0 Å². The average molecular weight is 361 g/mol. The van der Waals surface area contributed by atoms with E-state index in [1.165, 1.54) is 0 Å². The molecule has 0 atom stereocenters. The quantitative estimate of drug-likeness (QED) is 0.408. The van der Waals surface area contributed by atoms with Gasteiger partial charge in [0, 0.05) is 19.6 Å². The van der Waals surface area contributed by atoms with Gasteiger partial charge in [0.2, 0.25) is 0 Å². The van der Waals surface area contributed by atoms with E-state index in [-0.39, 0.29) is 31.4 Å². The van der Waals surface area contributed by atoms with Gasteiger partial charge in [0.05, 0.1) is 26.1 Å². The first-order chi connectivity index (χ1) is 11.7. The highest BCUT2D eigenvalue weighted by Crippen LogP contribution is 2.08. The summed E-state index contributed by atoms with van der Waals surface area (Å²) in [4.78, 5) is 36.3. The lowest BCUT2D eigenvalue weighted by Gasteiger charge is -2.22. The predicted octanol–water partition coefficient (Wildman–Crippen LogP) is 2.15. The fourth-order valence-electron chi connectivity index (χ4n) is 1.84. The molecule has 0 aliphatic rings. The Morgan fingerprint density at radius 1 is 0.800 bits per heavy atom. The van der Waals surface area contributed by atoms with Crippen LogP contribution < -0.4 is 0 Å². The molecule has 0 rings (SSSR count). The van der Waals surface area contributed by atoms with Crippen molar-refractivity contribution < 1.29 is 33.3 Å². The smallest absolute Gasteiger partial charge is 0.466 e. The van der Waals surface area contributed by atoms with Crippen molar-refractivity contribution in [2.45, 2.75) is 53.1 Å². The maximum Gasteiger partial charge on any atom is 0.508 e. The molecule has 0 amide bonds. The normalized spacial score (nSPS) is 11.1. The lowest BCUT2D eigenvalue weighted by atomic mass is 10.2. The summed E-state index contributed by atoms with van der Waals surface area (Å²) in [5, 5.41) is 0. The van der Waals surface area contributed by atoms with Crippen molar-refractivity contribution in [1.82, 2.24) is 4.90 Å². The first-order valence-corrected chi connectivity index (χ1v) is 8.57. The maximum absolute atomic E-state index is 11.5. The summed E-state index contributed by atoms with van der Waals surface area (Å²) in [7, 11) is 0. The number of rotatable bonds is 11. The van der Waals surface area contributed by atoms with Gasteiger partial charge in [-0.1, -0.05) is 0 Å². The molecule has 0 aromatic heterocycles. The van der Waals surface area contributed by atoms with Crippen LogP contribution in [0.15, 0.2) is 0 Å². The second kappa shape index (κ2) is 12.5. The van der Waals surface area contributed by atoms with Gasteiger partial charge in [0.15, 0.2) is 0 Å². The largest absolute Gasteiger partial charge is 0.508 e. The molecule has 8 heteroatoms. The first kappa shape index (κ1) is 23.2. The van der Waals surface area contributed by atoms with E-state index in [9.17, 15) is 14.4 Å². The Labute approximate surface area is 149 Å². The average Bonchev–Trinajstić information content (AvgIpc) is 2.48. The van der Waals surface area contributed by atoms with Crippen LogP contribution in [-0.4, -0.2) is 68.0 Å². The van der Waals surface area contributed by atoms with E-state index in [0.717, 1.165) is 0 Å². The summed E-state index contributed by atoms with van der Waals surface area (Å²) in [5.41, 5.74) is -0.620. The van der Waals surface area contributed by atoms with Crippen molar-refractivity contribution in [2.24, 2.45) is 0 Å². The van der Waals surface area contributed by atoms with E-state index >= 15 is 0 Å². The van der Waals surface area contributed by atoms with E-state index < -0.39 is 11.8 Å². The minimum atomic E-state index is -0.747. The second-order valence-corrected chi connectivity index (χ2v) is 6.26. The van der Waals surface area contributed by atoms with Gasteiger partial charge in [-0.25, -0.2) is 4.79 Å². The maximum atomic E-state index is 11.5. The Kier molecular flexibility index (Phi) is 11.6. The summed E-state index contributed by atoms with van der Waals surface area (Å²) < 4.78 is 19.9. The van der Waals surface area contributed by atoms with Gasteiger partial charge in [-0.15, -0.1) is 0 Å². The third-order valence-corrected chi connectivity index (χ3v) is 2.89.